The molecule has 0 bridgehead atoms. The first-order chi connectivity index (χ1) is 10.7. The SMILES string of the molecule is O=C(O)C1CCCCC1C(=O)c1ccc(-c2cc[nH]n2)cc1. The molecule has 0 spiro atoms. The number of carboxylic acids is 1. The van der Waals surface area contributed by atoms with Crippen molar-refractivity contribution >= 4 is 11.8 Å². The van der Waals surface area contributed by atoms with E-state index in [9.17, 15) is 14.7 Å². The van der Waals surface area contributed by atoms with Crippen molar-refractivity contribution in [1.29, 1.82) is 0 Å². The van der Waals surface area contributed by atoms with Gasteiger partial charge in [-0.15, -0.1) is 0 Å². The minimum Gasteiger partial charge on any atom is -0.481 e. The summed E-state index contributed by atoms with van der Waals surface area (Å²) in [7, 11) is 0. The monoisotopic (exact) mass is 298 g/mol. The van der Waals surface area contributed by atoms with Crippen LogP contribution in [0.1, 0.15) is 36.0 Å². The van der Waals surface area contributed by atoms with Gasteiger partial charge in [0.2, 0.25) is 0 Å². The van der Waals surface area contributed by atoms with Gasteiger partial charge in [0.15, 0.2) is 5.78 Å². The number of rotatable bonds is 4. The summed E-state index contributed by atoms with van der Waals surface area (Å²) in [6.07, 6.45) is 4.81. The molecule has 114 valence electrons. The average Bonchev–Trinajstić information content (AvgIpc) is 3.09. The quantitative estimate of drug-likeness (QED) is 0.849. The van der Waals surface area contributed by atoms with Gasteiger partial charge in [0.25, 0.3) is 0 Å². The van der Waals surface area contributed by atoms with Gasteiger partial charge in [0.1, 0.15) is 0 Å². The molecule has 1 saturated carbocycles. The highest BCUT2D eigenvalue weighted by atomic mass is 16.4. The minimum atomic E-state index is -0.855. The number of hydrogen-bond acceptors (Lipinski definition) is 3. The first kappa shape index (κ1) is 14.5. The van der Waals surface area contributed by atoms with Crippen LogP contribution in [0.5, 0.6) is 0 Å². The molecule has 2 unspecified atom stereocenters. The van der Waals surface area contributed by atoms with Gasteiger partial charge in [0.05, 0.1) is 11.6 Å². The van der Waals surface area contributed by atoms with Crippen molar-refractivity contribution in [3.63, 3.8) is 0 Å². The molecule has 0 amide bonds. The van der Waals surface area contributed by atoms with Crippen LogP contribution in [0.3, 0.4) is 0 Å². The number of nitrogens with zero attached hydrogens (tertiary/aromatic N) is 1. The molecule has 2 aromatic rings. The number of carboxylic acid groups (broad SMARTS) is 1. The van der Waals surface area contributed by atoms with Crippen molar-refractivity contribution in [3.8, 4) is 11.3 Å². The fraction of sp³-hybridized carbons (Fsp3) is 0.353. The number of ketones is 1. The maximum absolute atomic E-state index is 12.6. The topological polar surface area (TPSA) is 83.0 Å². The number of aliphatic carboxylic acids is 1. The Hall–Kier alpha value is -2.43. The van der Waals surface area contributed by atoms with Gasteiger partial charge in [-0.3, -0.25) is 14.7 Å². The van der Waals surface area contributed by atoms with Gasteiger partial charge in [0, 0.05) is 23.2 Å². The lowest BCUT2D eigenvalue weighted by Crippen LogP contribution is -2.32. The van der Waals surface area contributed by atoms with E-state index in [1.165, 1.54) is 0 Å². The molecule has 0 saturated heterocycles. The second-order valence-electron chi connectivity index (χ2n) is 5.74. The summed E-state index contributed by atoms with van der Waals surface area (Å²) in [6.45, 7) is 0. The predicted octanol–water partition coefficient (Wildman–Crippen LogP) is 3.15. The summed E-state index contributed by atoms with van der Waals surface area (Å²) in [5, 5.41) is 16.2. The number of H-pyrrole nitrogens is 1. The second-order valence-corrected chi connectivity index (χ2v) is 5.74. The number of carbonyl (C=O) groups excluding carboxylic acids is 1. The van der Waals surface area contributed by atoms with E-state index < -0.39 is 17.8 Å². The number of carbonyl (C=O) groups is 2. The largest absolute Gasteiger partial charge is 0.481 e. The number of hydrogen-bond donors (Lipinski definition) is 2. The Morgan fingerprint density at radius 3 is 2.32 bits per heavy atom. The van der Waals surface area contributed by atoms with Crippen molar-refractivity contribution in [3.05, 3.63) is 42.1 Å². The Kier molecular flexibility index (Phi) is 4.04. The van der Waals surface area contributed by atoms with Gasteiger partial charge in [-0.1, -0.05) is 37.1 Å². The third kappa shape index (κ3) is 2.79. The molecular formula is C17H18N2O3. The van der Waals surface area contributed by atoms with E-state index in [4.69, 9.17) is 0 Å². The second kappa shape index (κ2) is 6.13. The molecule has 1 aromatic carbocycles. The van der Waals surface area contributed by atoms with E-state index in [2.05, 4.69) is 10.2 Å². The molecular weight excluding hydrogens is 280 g/mol. The summed E-state index contributed by atoms with van der Waals surface area (Å²) in [6, 6.07) is 9.09. The Bertz CT molecular complexity index is 662. The lowest BCUT2D eigenvalue weighted by Gasteiger charge is -2.27. The van der Waals surface area contributed by atoms with Crippen molar-refractivity contribution < 1.29 is 14.7 Å². The lowest BCUT2D eigenvalue weighted by molar-refractivity contribution is -0.144. The molecule has 5 nitrogen and oxygen atoms in total. The third-order valence-electron chi connectivity index (χ3n) is 4.39. The van der Waals surface area contributed by atoms with Gasteiger partial charge in [-0.25, -0.2) is 0 Å². The molecule has 1 aromatic heterocycles. The number of aromatic amines is 1. The molecule has 1 fully saturated rings. The number of benzene rings is 1. The van der Waals surface area contributed by atoms with Crippen LogP contribution in [-0.2, 0) is 4.79 Å². The number of aromatic nitrogens is 2. The zero-order valence-electron chi connectivity index (χ0n) is 12.2. The fourth-order valence-electron chi connectivity index (χ4n) is 3.18. The molecule has 1 aliphatic carbocycles. The molecule has 0 aliphatic heterocycles. The van der Waals surface area contributed by atoms with E-state index in [-0.39, 0.29) is 5.78 Å². The zero-order chi connectivity index (χ0) is 15.5. The van der Waals surface area contributed by atoms with Gasteiger partial charge < -0.3 is 5.11 Å². The average molecular weight is 298 g/mol. The number of nitrogens with one attached hydrogen (secondary N) is 1. The van der Waals surface area contributed by atoms with Crippen molar-refractivity contribution in [2.75, 3.05) is 0 Å². The molecule has 1 heterocycles. The molecule has 5 heteroatoms. The Morgan fingerprint density at radius 2 is 1.73 bits per heavy atom. The minimum absolute atomic E-state index is 0.0549. The molecule has 2 N–H and O–H groups in total. The predicted molar refractivity (Wildman–Crippen MR) is 81.4 cm³/mol. The van der Waals surface area contributed by atoms with Crippen molar-refractivity contribution in [1.82, 2.24) is 10.2 Å². The Labute approximate surface area is 128 Å². The first-order valence-electron chi connectivity index (χ1n) is 7.54. The van der Waals surface area contributed by atoms with E-state index in [1.807, 2.05) is 18.2 Å². The first-order valence-corrected chi connectivity index (χ1v) is 7.54. The Morgan fingerprint density at radius 1 is 1.05 bits per heavy atom. The summed E-state index contributed by atoms with van der Waals surface area (Å²) >= 11 is 0. The fourth-order valence-corrected chi connectivity index (χ4v) is 3.18. The third-order valence-corrected chi connectivity index (χ3v) is 4.39. The van der Waals surface area contributed by atoms with E-state index >= 15 is 0 Å². The van der Waals surface area contributed by atoms with Crippen LogP contribution in [0.15, 0.2) is 36.5 Å². The highest BCUT2D eigenvalue weighted by Crippen LogP contribution is 2.33. The highest BCUT2D eigenvalue weighted by molar-refractivity contribution is 6.00. The molecule has 3 rings (SSSR count). The van der Waals surface area contributed by atoms with Crippen LogP contribution in [0.4, 0.5) is 0 Å². The van der Waals surface area contributed by atoms with Crippen molar-refractivity contribution in [2.24, 2.45) is 11.8 Å². The summed E-state index contributed by atoms with van der Waals surface area (Å²) < 4.78 is 0. The lowest BCUT2D eigenvalue weighted by atomic mass is 9.75. The number of Topliss-reactive ketones (excluding diaryl/α,β-unsaturated/α-hetero) is 1. The van der Waals surface area contributed by atoms with Crippen LogP contribution in [0.25, 0.3) is 11.3 Å². The molecule has 2 atom stereocenters. The zero-order valence-corrected chi connectivity index (χ0v) is 12.2. The van der Waals surface area contributed by atoms with Crippen LogP contribution in [-0.4, -0.2) is 27.1 Å². The molecule has 22 heavy (non-hydrogen) atoms. The van der Waals surface area contributed by atoms with E-state index in [1.54, 1.807) is 18.3 Å². The van der Waals surface area contributed by atoms with Crippen LogP contribution < -0.4 is 0 Å². The van der Waals surface area contributed by atoms with E-state index in [0.29, 0.717) is 18.4 Å². The summed E-state index contributed by atoms with van der Waals surface area (Å²) in [5.74, 6) is -1.86. The highest BCUT2D eigenvalue weighted by Gasteiger charge is 2.35. The van der Waals surface area contributed by atoms with Crippen LogP contribution >= 0.6 is 0 Å². The molecule has 0 radical (unpaired) electrons. The smallest absolute Gasteiger partial charge is 0.307 e. The Balaban J connectivity index is 1.81. The van der Waals surface area contributed by atoms with E-state index in [0.717, 1.165) is 24.1 Å². The van der Waals surface area contributed by atoms with Gasteiger partial charge >= 0.3 is 5.97 Å². The van der Waals surface area contributed by atoms with Crippen molar-refractivity contribution in [2.45, 2.75) is 25.7 Å². The summed E-state index contributed by atoms with van der Waals surface area (Å²) in [5.41, 5.74) is 2.33. The molecule has 1 aliphatic rings. The summed E-state index contributed by atoms with van der Waals surface area (Å²) in [4.78, 5) is 24.0. The van der Waals surface area contributed by atoms with Gasteiger partial charge in [-0.2, -0.15) is 5.10 Å². The standard InChI is InChI=1S/C17H18N2O3/c20-16(13-3-1-2-4-14(13)17(21)22)12-7-5-11(6-8-12)15-9-10-18-19-15/h5-10,13-14H,1-4H2,(H,18,19)(H,21,22). The maximum Gasteiger partial charge on any atom is 0.307 e. The maximum atomic E-state index is 12.6. The van der Waals surface area contributed by atoms with Crippen LogP contribution in [0, 0.1) is 11.8 Å². The normalized spacial score (nSPS) is 21.5. The van der Waals surface area contributed by atoms with Gasteiger partial charge in [-0.05, 0) is 18.9 Å². The van der Waals surface area contributed by atoms with Crippen LogP contribution in [0.2, 0.25) is 0 Å².